The topological polar surface area (TPSA) is 54.2 Å². The fourth-order valence-corrected chi connectivity index (χ4v) is 2.62. The maximum atomic E-state index is 4.45. The zero-order valence-electron chi connectivity index (χ0n) is 15.6. The van der Waals surface area contributed by atoms with Crippen LogP contribution in [0.5, 0.6) is 0 Å². The summed E-state index contributed by atoms with van der Waals surface area (Å²) in [5.74, 6) is 0.866. The van der Waals surface area contributed by atoms with Crippen molar-refractivity contribution in [3.63, 3.8) is 0 Å². The van der Waals surface area contributed by atoms with E-state index in [1.165, 1.54) is 43.4 Å². The fraction of sp³-hybridized carbons (Fsp3) is 0.765. The first-order valence-electron chi connectivity index (χ1n) is 8.45. The van der Waals surface area contributed by atoms with E-state index < -0.39 is 0 Å². The number of nitrogens with zero attached hydrogens (tertiary/aromatic N) is 3. The van der Waals surface area contributed by atoms with Crippen LogP contribution >= 0.6 is 24.0 Å². The van der Waals surface area contributed by atoms with E-state index in [0.717, 1.165) is 18.2 Å². The second kappa shape index (κ2) is 11.7. The number of hydrogen-bond donors (Lipinski definition) is 2. The highest BCUT2D eigenvalue weighted by molar-refractivity contribution is 14.0. The molecule has 2 N–H and O–H groups in total. The van der Waals surface area contributed by atoms with Gasteiger partial charge in [-0.25, -0.2) is 0 Å². The van der Waals surface area contributed by atoms with Crippen molar-refractivity contribution in [3.8, 4) is 0 Å². The Labute approximate surface area is 158 Å². The van der Waals surface area contributed by atoms with Crippen LogP contribution in [0, 0.1) is 13.8 Å². The van der Waals surface area contributed by atoms with E-state index in [2.05, 4.69) is 48.4 Å². The molecule has 1 aromatic heterocycles. The molecule has 0 aliphatic carbocycles. The molecule has 23 heavy (non-hydrogen) atoms. The molecule has 134 valence electrons. The molecule has 0 spiro atoms. The van der Waals surface area contributed by atoms with Gasteiger partial charge < -0.3 is 10.6 Å². The van der Waals surface area contributed by atoms with Crippen molar-refractivity contribution in [2.45, 2.75) is 72.4 Å². The van der Waals surface area contributed by atoms with Crippen molar-refractivity contribution < 1.29 is 0 Å². The number of nitrogens with one attached hydrogen (secondary N) is 2. The van der Waals surface area contributed by atoms with Gasteiger partial charge in [-0.15, -0.1) is 24.0 Å². The monoisotopic (exact) mass is 435 g/mol. The van der Waals surface area contributed by atoms with Crippen LogP contribution in [0.25, 0.3) is 0 Å². The molecule has 0 aliphatic heterocycles. The zero-order chi connectivity index (χ0) is 16.5. The molecule has 0 aromatic carbocycles. The summed E-state index contributed by atoms with van der Waals surface area (Å²) >= 11 is 0. The molecule has 1 aromatic rings. The van der Waals surface area contributed by atoms with Gasteiger partial charge in [0.05, 0.1) is 5.69 Å². The molecular weight excluding hydrogens is 401 g/mol. The van der Waals surface area contributed by atoms with Gasteiger partial charge in [-0.1, -0.05) is 32.6 Å². The quantitative estimate of drug-likeness (QED) is 0.284. The van der Waals surface area contributed by atoms with Crippen molar-refractivity contribution in [3.05, 3.63) is 17.0 Å². The van der Waals surface area contributed by atoms with Crippen LogP contribution in [-0.4, -0.2) is 28.8 Å². The van der Waals surface area contributed by atoms with E-state index >= 15 is 0 Å². The average molecular weight is 435 g/mol. The van der Waals surface area contributed by atoms with Crippen LogP contribution in [0.1, 0.15) is 62.9 Å². The summed E-state index contributed by atoms with van der Waals surface area (Å²) < 4.78 is 1.93. The highest BCUT2D eigenvalue weighted by Crippen LogP contribution is 2.11. The van der Waals surface area contributed by atoms with Gasteiger partial charge in [0, 0.05) is 37.9 Å². The van der Waals surface area contributed by atoms with Gasteiger partial charge in [0.1, 0.15) is 0 Å². The summed E-state index contributed by atoms with van der Waals surface area (Å²) in [6, 6.07) is 0.444. The first-order valence-corrected chi connectivity index (χ1v) is 8.45. The lowest BCUT2D eigenvalue weighted by molar-refractivity contribution is 0.537. The summed E-state index contributed by atoms with van der Waals surface area (Å²) in [6.07, 6.45) is 6.40. The summed E-state index contributed by atoms with van der Waals surface area (Å²) in [4.78, 5) is 4.32. The van der Waals surface area contributed by atoms with Crippen LogP contribution in [0.15, 0.2) is 4.99 Å². The van der Waals surface area contributed by atoms with Crippen LogP contribution in [-0.2, 0) is 13.6 Å². The molecule has 0 bridgehead atoms. The van der Waals surface area contributed by atoms with E-state index in [9.17, 15) is 0 Å². The molecule has 1 heterocycles. The van der Waals surface area contributed by atoms with Gasteiger partial charge in [-0.2, -0.15) is 5.10 Å². The Kier molecular flexibility index (Phi) is 11.3. The van der Waals surface area contributed by atoms with Crippen molar-refractivity contribution in [2.24, 2.45) is 12.0 Å². The number of unbranched alkanes of at least 4 members (excludes halogenated alkanes) is 3. The molecule has 6 heteroatoms. The number of aromatic nitrogens is 2. The molecule has 1 unspecified atom stereocenters. The Morgan fingerprint density at radius 1 is 1.26 bits per heavy atom. The third-order valence-corrected chi connectivity index (χ3v) is 4.19. The predicted molar refractivity (Wildman–Crippen MR) is 110 cm³/mol. The normalized spacial score (nSPS) is 12.7. The van der Waals surface area contributed by atoms with E-state index in [4.69, 9.17) is 0 Å². The number of rotatable bonds is 8. The Bertz CT molecular complexity index is 482. The Morgan fingerprint density at radius 2 is 1.96 bits per heavy atom. The predicted octanol–water partition coefficient (Wildman–Crippen LogP) is 3.68. The van der Waals surface area contributed by atoms with Gasteiger partial charge in [0.25, 0.3) is 0 Å². The van der Waals surface area contributed by atoms with Crippen molar-refractivity contribution in [1.29, 1.82) is 0 Å². The van der Waals surface area contributed by atoms with E-state index in [1.807, 2.05) is 18.8 Å². The largest absolute Gasteiger partial charge is 0.354 e. The molecular formula is C17H34IN5. The fourth-order valence-electron chi connectivity index (χ4n) is 2.62. The van der Waals surface area contributed by atoms with Crippen molar-refractivity contribution in [1.82, 2.24) is 20.4 Å². The lowest BCUT2D eigenvalue weighted by atomic mass is 10.1. The second-order valence-electron chi connectivity index (χ2n) is 6.09. The summed E-state index contributed by atoms with van der Waals surface area (Å²) in [7, 11) is 3.80. The number of aliphatic imine (C=N–C) groups is 1. The van der Waals surface area contributed by atoms with Crippen molar-refractivity contribution >= 4 is 29.9 Å². The zero-order valence-corrected chi connectivity index (χ0v) is 17.9. The molecule has 0 saturated carbocycles. The van der Waals surface area contributed by atoms with Crippen LogP contribution in [0.4, 0.5) is 0 Å². The van der Waals surface area contributed by atoms with E-state index in [0.29, 0.717) is 6.04 Å². The number of hydrogen-bond acceptors (Lipinski definition) is 2. The Balaban J connectivity index is 0.00000484. The third-order valence-electron chi connectivity index (χ3n) is 4.19. The van der Waals surface area contributed by atoms with Crippen LogP contribution < -0.4 is 10.6 Å². The smallest absolute Gasteiger partial charge is 0.191 e. The van der Waals surface area contributed by atoms with E-state index in [1.54, 1.807) is 0 Å². The lowest BCUT2D eigenvalue weighted by Crippen LogP contribution is -2.41. The van der Waals surface area contributed by atoms with Gasteiger partial charge >= 0.3 is 0 Å². The SMILES string of the molecule is CCCCCCC(C)NC(=NC)NCc1c(C)nn(C)c1C.I. The Hall–Kier alpha value is -0.790. The first kappa shape index (κ1) is 22.2. The molecule has 0 aliphatic rings. The van der Waals surface area contributed by atoms with Gasteiger partial charge in [-0.05, 0) is 27.2 Å². The van der Waals surface area contributed by atoms with Gasteiger partial charge in [0.15, 0.2) is 5.96 Å². The molecule has 0 saturated heterocycles. The average Bonchev–Trinajstić information content (AvgIpc) is 2.73. The molecule has 0 amide bonds. The summed E-state index contributed by atoms with van der Waals surface area (Å²) in [5, 5.41) is 11.3. The molecule has 0 fully saturated rings. The molecule has 5 nitrogen and oxygen atoms in total. The van der Waals surface area contributed by atoms with Gasteiger partial charge in [-0.3, -0.25) is 9.67 Å². The highest BCUT2D eigenvalue weighted by atomic mass is 127. The first-order chi connectivity index (χ1) is 10.5. The standard InChI is InChI=1S/C17H33N5.HI/c1-7-8-9-10-11-13(2)20-17(18-5)19-12-16-14(3)21-22(6)15(16)4;/h13H,7-12H2,1-6H3,(H2,18,19,20);1H. The van der Waals surface area contributed by atoms with Crippen molar-refractivity contribution in [2.75, 3.05) is 7.05 Å². The van der Waals surface area contributed by atoms with E-state index in [-0.39, 0.29) is 24.0 Å². The van der Waals surface area contributed by atoms with Crippen LogP contribution in [0.3, 0.4) is 0 Å². The molecule has 0 radical (unpaired) electrons. The third kappa shape index (κ3) is 7.54. The van der Waals surface area contributed by atoms with Gasteiger partial charge in [0.2, 0.25) is 0 Å². The molecule has 1 rings (SSSR count). The maximum absolute atomic E-state index is 4.45. The number of guanidine groups is 1. The highest BCUT2D eigenvalue weighted by Gasteiger charge is 2.10. The summed E-state index contributed by atoms with van der Waals surface area (Å²) in [6.45, 7) is 9.38. The minimum Gasteiger partial charge on any atom is -0.354 e. The van der Waals surface area contributed by atoms with Crippen LogP contribution in [0.2, 0.25) is 0 Å². The summed E-state index contributed by atoms with van der Waals surface area (Å²) in [5.41, 5.74) is 3.53. The minimum atomic E-state index is 0. The lowest BCUT2D eigenvalue weighted by Gasteiger charge is -2.18. The number of aryl methyl sites for hydroxylation is 2. The minimum absolute atomic E-state index is 0. The molecule has 1 atom stereocenters. The Morgan fingerprint density at radius 3 is 2.48 bits per heavy atom. The number of halogens is 1. The second-order valence-corrected chi connectivity index (χ2v) is 6.09. The maximum Gasteiger partial charge on any atom is 0.191 e.